The van der Waals surface area contributed by atoms with Crippen LogP contribution in [0.3, 0.4) is 0 Å². The second kappa shape index (κ2) is 4.56. The number of halogens is 4. The lowest BCUT2D eigenvalue weighted by Crippen LogP contribution is -2.06. The summed E-state index contributed by atoms with van der Waals surface area (Å²) >= 11 is 3.23. The Kier molecular flexibility index (Phi) is 3.82. The van der Waals surface area contributed by atoms with Gasteiger partial charge >= 0.3 is 6.18 Å². The SMILES string of the molecule is [CH2]C(C)Cc1cc(C(F)(F)F)ccc1Br. The Morgan fingerprint density at radius 3 is 2.47 bits per heavy atom. The standard InChI is InChI=1S/C11H11BrF3/c1-7(2)5-8-6-9(11(13,14)15)3-4-10(8)12/h3-4,6-7H,1,5H2,2H3. The van der Waals surface area contributed by atoms with Crippen molar-refractivity contribution in [2.45, 2.75) is 19.5 Å². The van der Waals surface area contributed by atoms with Crippen LogP contribution in [0.4, 0.5) is 13.2 Å². The van der Waals surface area contributed by atoms with E-state index in [-0.39, 0.29) is 5.92 Å². The van der Waals surface area contributed by atoms with Crippen LogP contribution < -0.4 is 0 Å². The molecule has 0 aliphatic heterocycles. The van der Waals surface area contributed by atoms with E-state index >= 15 is 0 Å². The molecule has 15 heavy (non-hydrogen) atoms. The molecular weight excluding hydrogens is 269 g/mol. The van der Waals surface area contributed by atoms with Crippen molar-refractivity contribution in [2.75, 3.05) is 0 Å². The molecule has 0 amide bonds. The van der Waals surface area contributed by atoms with E-state index in [9.17, 15) is 13.2 Å². The predicted octanol–water partition coefficient (Wildman–Crippen LogP) is 4.48. The molecule has 0 N–H and O–H groups in total. The Bertz CT molecular complexity index is 342. The monoisotopic (exact) mass is 279 g/mol. The summed E-state index contributed by atoms with van der Waals surface area (Å²) in [5.74, 6) is 0.0878. The van der Waals surface area contributed by atoms with E-state index in [4.69, 9.17) is 0 Å². The summed E-state index contributed by atoms with van der Waals surface area (Å²) in [5.41, 5.74) is 0.0358. The van der Waals surface area contributed by atoms with Crippen LogP contribution in [0.5, 0.6) is 0 Å². The van der Waals surface area contributed by atoms with Crippen LogP contribution >= 0.6 is 15.9 Å². The van der Waals surface area contributed by atoms with Gasteiger partial charge in [0.2, 0.25) is 0 Å². The molecule has 1 rings (SSSR count). The Morgan fingerprint density at radius 1 is 1.40 bits per heavy atom. The molecule has 0 bridgehead atoms. The molecule has 0 aromatic heterocycles. The summed E-state index contributed by atoms with van der Waals surface area (Å²) in [7, 11) is 0. The fraction of sp³-hybridized carbons (Fsp3) is 0.364. The first-order valence-electron chi connectivity index (χ1n) is 4.49. The van der Waals surface area contributed by atoms with Gasteiger partial charge in [0.25, 0.3) is 0 Å². The molecule has 1 aromatic rings. The van der Waals surface area contributed by atoms with E-state index in [1.165, 1.54) is 12.1 Å². The summed E-state index contributed by atoms with van der Waals surface area (Å²) in [4.78, 5) is 0. The van der Waals surface area contributed by atoms with Crippen molar-refractivity contribution in [1.82, 2.24) is 0 Å². The first-order chi connectivity index (χ1) is 6.80. The van der Waals surface area contributed by atoms with Crippen molar-refractivity contribution in [1.29, 1.82) is 0 Å². The third-order valence-corrected chi connectivity index (χ3v) is 2.72. The van der Waals surface area contributed by atoms with Gasteiger partial charge in [0.1, 0.15) is 0 Å². The van der Waals surface area contributed by atoms with Crippen molar-refractivity contribution >= 4 is 15.9 Å². The van der Waals surface area contributed by atoms with Crippen LogP contribution in [0.15, 0.2) is 22.7 Å². The van der Waals surface area contributed by atoms with Crippen molar-refractivity contribution in [3.8, 4) is 0 Å². The maximum Gasteiger partial charge on any atom is 0.416 e. The molecule has 0 saturated carbocycles. The van der Waals surface area contributed by atoms with E-state index in [1.54, 1.807) is 0 Å². The van der Waals surface area contributed by atoms with Crippen molar-refractivity contribution < 1.29 is 13.2 Å². The average molecular weight is 280 g/mol. The Morgan fingerprint density at radius 2 is 2.00 bits per heavy atom. The molecule has 1 atom stereocenters. The molecular formula is C11H11BrF3. The number of benzene rings is 1. The van der Waals surface area contributed by atoms with E-state index in [1.807, 2.05) is 6.92 Å². The Labute approximate surface area is 95.6 Å². The molecule has 0 fully saturated rings. The second-order valence-corrected chi connectivity index (χ2v) is 4.47. The Balaban J connectivity index is 3.06. The quantitative estimate of drug-likeness (QED) is 0.749. The lowest BCUT2D eigenvalue weighted by molar-refractivity contribution is -0.137. The average Bonchev–Trinajstić information content (AvgIpc) is 2.06. The fourth-order valence-electron chi connectivity index (χ4n) is 1.28. The maximum atomic E-state index is 12.4. The number of hydrogen-bond donors (Lipinski definition) is 0. The zero-order chi connectivity index (χ0) is 11.6. The Hall–Kier alpha value is -0.510. The molecule has 0 heterocycles. The normalized spacial score (nSPS) is 12.2. The predicted molar refractivity (Wildman–Crippen MR) is 57.4 cm³/mol. The zero-order valence-corrected chi connectivity index (χ0v) is 9.82. The highest BCUT2D eigenvalue weighted by Crippen LogP contribution is 2.32. The third kappa shape index (κ3) is 3.52. The van der Waals surface area contributed by atoms with Gasteiger partial charge in [0, 0.05) is 4.47 Å². The van der Waals surface area contributed by atoms with Crippen LogP contribution in [0.2, 0.25) is 0 Å². The molecule has 1 radical (unpaired) electrons. The van der Waals surface area contributed by atoms with Gasteiger partial charge in [-0.3, -0.25) is 0 Å². The van der Waals surface area contributed by atoms with Crippen LogP contribution in [-0.2, 0) is 12.6 Å². The molecule has 4 heteroatoms. The number of alkyl halides is 3. The lowest BCUT2D eigenvalue weighted by Gasteiger charge is -2.11. The van der Waals surface area contributed by atoms with E-state index < -0.39 is 11.7 Å². The first-order valence-corrected chi connectivity index (χ1v) is 5.28. The topological polar surface area (TPSA) is 0 Å². The molecule has 1 aromatic carbocycles. The molecule has 0 spiro atoms. The van der Waals surface area contributed by atoms with Gasteiger partial charge in [-0.15, -0.1) is 0 Å². The third-order valence-electron chi connectivity index (χ3n) is 1.94. The minimum atomic E-state index is -4.28. The van der Waals surface area contributed by atoms with Gasteiger partial charge in [-0.1, -0.05) is 29.8 Å². The van der Waals surface area contributed by atoms with Crippen molar-refractivity contribution in [3.05, 3.63) is 40.7 Å². The van der Waals surface area contributed by atoms with E-state index in [0.717, 1.165) is 6.07 Å². The van der Waals surface area contributed by atoms with Crippen molar-refractivity contribution in [2.24, 2.45) is 5.92 Å². The molecule has 0 nitrogen and oxygen atoms in total. The van der Waals surface area contributed by atoms with Gasteiger partial charge in [-0.2, -0.15) is 13.2 Å². The van der Waals surface area contributed by atoms with Gasteiger partial charge < -0.3 is 0 Å². The second-order valence-electron chi connectivity index (χ2n) is 3.61. The summed E-state index contributed by atoms with van der Waals surface area (Å²) in [6.45, 7) is 5.63. The molecule has 0 aliphatic carbocycles. The molecule has 0 aliphatic rings. The number of hydrogen-bond acceptors (Lipinski definition) is 0. The van der Waals surface area contributed by atoms with Gasteiger partial charge in [0.15, 0.2) is 0 Å². The van der Waals surface area contributed by atoms with Gasteiger partial charge in [-0.25, -0.2) is 0 Å². The van der Waals surface area contributed by atoms with Gasteiger partial charge in [0.05, 0.1) is 5.56 Å². The smallest absolute Gasteiger partial charge is 0.166 e. The first kappa shape index (κ1) is 12.6. The molecule has 1 unspecified atom stereocenters. The molecule has 0 saturated heterocycles. The van der Waals surface area contributed by atoms with Crippen LogP contribution in [0.25, 0.3) is 0 Å². The van der Waals surface area contributed by atoms with Crippen LogP contribution in [0.1, 0.15) is 18.1 Å². The van der Waals surface area contributed by atoms with Crippen molar-refractivity contribution in [3.63, 3.8) is 0 Å². The highest BCUT2D eigenvalue weighted by Gasteiger charge is 2.30. The highest BCUT2D eigenvalue weighted by molar-refractivity contribution is 9.10. The highest BCUT2D eigenvalue weighted by atomic mass is 79.9. The fourth-order valence-corrected chi connectivity index (χ4v) is 1.69. The van der Waals surface area contributed by atoms with Gasteiger partial charge in [-0.05, 0) is 36.1 Å². The minimum Gasteiger partial charge on any atom is -0.166 e. The summed E-state index contributed by atoms with van der Waals surface area (Å²) < 4.78 is 37.9. The minimum absolute atomic E-state index is 0.0878. The lowest BCUT2D eigenvalue weighted by atomic mass is 10.0. The van der Waals surface area contributed by atoms with Crippen LogP contribution in [-0.4, -0.2) is 0 Å². The van der Waals surface area contributed by atoms with E-state index in [2.05, 4.69) is 22.9 Å². The van der Waals surface area contributed by atoms with Crippen LogP contribution in [0, 0.1) is 12.8 Å². The summed E-state index contributed by atoms with van der Waals surface area (Å²) in [6.07, 6.45) is -3.75. The summed E-state index contributed by atoms with van der Waals surface area (Å²) in [6, 6.07) is 3.67. The summed E-state index contributed by atoms with van der Waals surface area (Å²) in [5, 5.41) is 0. The molecule has 83 valence electrons. The number of rotatable bonds is 2. The zero-order valence-electron chi connectivity index (χ0n) is 8.24. The van der Waals surface area contributed by atoms with E-state index in [0.29, 0.717) is 16.5 Å². The largest absolute Gasteiger partial charge is 0.416 e. The maximum absolute atomic E-state index is 12.4.